The summed E-state index contributed by atoms with van der Waals surface area (Å²) in [5, 5.41) is 2.90. The number of nitrogens with one attached hydrogen (secondary N) is 1. The van der Waals surface area contributed by atoms with Gasteiger partial charge in [-0.3, -0.25) is 14.6 Å². The summed E-state index contributed by atoms with van der Waals surface area (Å²) in [6.07, 6.45) is 3.57. The highest BCUT2D eigenvalue weighted by molar-refractivity contribution is 5.97. The number of carbonyl (C=O) groups excluding carboxylic acids is 2. The first-order valence-electron chi connectivity index (χ1n) is 8.29. The van der Waals surface area contributed by atoms with Crippen LogP contribution in [-0.2, 0) is 9.59 Å². The van der Waals surface area contributed by atoms with Crippen LogP contribution in [0.1, 0.15) is 24.9 Å². The molecule has 2 amide bonds. The molecule has 2 heterocycles. The molecule has 1 saturated heterocycles. The van der Waals surface area contributed by atoms with Crippen molar-refractivity contribution in [2.24, 2.45) is 5.92 Å². The number of pyridine rings is 1. The monoisotopic (exact) mass is 339 g/mol. The standard InChI is InChI=1S/C19H21N3O3/c1-3-25-15-8-6-14(7-9-15)21-19(24)16-11-17(23)22(2)18(16)13-5-4-10-20-12-13/h4-10,12,16,18H,3,11H2,1-2H3,(H,21,24)/t16-,18+/m1/s1. The Morgan fingerprint density at radius 3 is 2.72 bits per heavy atom. The quantitative estimate of drug-likeness (QED) is 0.909. The second-order valence-corrected chi connectivity index (χ2v) is 5.99. The molecule has 3 rings (SSSR count). The SMILES string of the molecule is CCOc1ccc(NC(=O)[C@@H]2CC(=O)N(C)[C@H]2c2cccnc2)cc1. The largest absolute Gasteiger partial charge is 0.494 e. The lowest BCUT2D eigenvalue weighted by Gasteiger charge is -2.24. The molecular formula is C19H21N3O3. The van der Waals surface area contributed by atoms with Crippen molar-refractivity contribution in [3.05, 3.63) is 54.4 Å². The predicted molar refractivity (Wildman–Crippen MR) is 94.1 cm³/mol. The molecular weight excluding hydrogens is 318 g/mol. The van der Waals surface area contributed by atoms with Crippen LogP contribution >= 0.6 is 0 Å². The van der Waals surface area contributed by atoms with E-state index < -0.39 is 5.92 Å². The van der Waals surface area contributed by atoms with Gasteiger partial charge in [0.15, 0.2) is 0 Å². The molecule has 1 aliphatic heterocycles. The smallest absolute Gasteiger partial charge is 0.230 e. The van der Waals surface area contributed by atoms with Gasteiger partial charge in [-0.15, -0.1) is 0 Å². The zero-order valence-corrected chi connectivity index (χ0v) is 14.3. The fourth-order valence-electron chi connectivity index (χ4n) is 3.15. The van der Waals surface area contributed by atoms with Gasteiger partial charge in [-0.2, -0.15) is 0 Å². The van der Waals surface area contributed by atoms with Crippen molar-refractivity contribution in [3.8, 4) is 5.75 Å². The number of benzene rings is 1. The number of anilines is 1. The van der Waals surface area contributed by atoms with Crippen molar-refractivity contribution in [2.75, 3.05) is 19.0 Å². The van der Waals surface area contributed by atoms with E-state index >= 15 is 0 Å². The molecule has 0 unspecified atom stereocenters. The lowest BCUT2D eigenvalue weighted by molar-refractivity contribution is -0.127. The Labute approximate surface area is 146 Å². The number of hydrogen-bond acceptors (Lipinski definition) is 4. The molecule has 2 aromatic rings. The summed E-state index contributed by atoms with van der Waals surface area (Å²) < 4.78 is 5.40. The Hall–Kier alpha value is -2.89. The van der Waals surface area contributed by atoms with Gasteiger partial charge in [0.1, 0.15) is 5.75 Å². The second-order valence-electron chi connectivity index (χ2n) is 5.99. The zero-order valence-electron chi connectivity index (χ0n) is 14.3. The molecule has 1 N–H and O–H groups in total. The van der Waals surface area contributed by atoms with Crippen LogP contribution in [0.25, 0.3) is 0 Å². The summed E-state index contributed by atoms with van der Waals surface area (Å²) in [5.41, 5.74) is 1.54. The third-order valence-electron chi connectivity index (χ3n) is 4.38. The summed E-state index contributed by atoms with van der Waals surface area (Å²) in [6.45, 7) is 2.51. The molecule has 2 atom stereocenters. The van der Waals surface area contributed by atoms with Crippen molar-refractivity contribution in [1.82, 2.24) is 9.88 Å². The Morgan fingerprint density at radius 2 is 2.08 bits per heavy atom. The maximum Gasteiger partial charge on any atom is 0.230 e. The Kier molecular flexibility index (Phi) is 4.97. The lowest BCUT2D eigenvalue weighted by atomic mass is 9.94. The molecule has 0 aliphatic carbocycles. The Morgan fingerprint density at radius 1 is 1.32 bits per heavy atom. The number of hydrogen-bond donors (Lipinski definition) is 1. The van der Waals surface area contributed by atoms with Crippen LogP contribution in [0.15, 0.2) is 48.8 Å². The first-order chi connectivity index (χ1) is 12.1. The first-order valence-corrected chi connectivity index (χ1v) is 8.29. The molecule has 0 spiro atoms. The fourth-order valence-corrected chi connectivity index (χ4v) is 3.15. The highest BCUT2D eigenvalue weighted by Crippen LogP contribution is 2.37. The maximum absolute atomic E-state index is 12.8. The minimum absolute atomic E-state index is 0.0410. The van der Waals surface area contributed by atoms with Crippen LogP contribution in [0.5, 0.6) is 5.75 Å². The van der Waals surface area contributed by atoms with Crippen LogP contribution in [0.2, 0.25) is 0 Å². The first kappa shape index (κ1) is 17.0. The summed E-state index contributed by atoms with van der Waals surface area (Å²) in [4.78, 5) is 30.6. The molecule has 1 aromatic carbocycles. The van der Waals surface area contributed by atoms with E-state index in [1.54, 1.807) is 36.5 Å². The van der Waals surface area contributed by atoms with E-state index in [4.69, 9.17) is 4.74 Å². The number of nitrogens with zero attached hydrogens (tertiary/aromatic N) is 2. The van der Waals surface area contributed by atoms with Crippen molar-refractivity contribution < 1.29 is 14.3 Å². The average molecular weight is 339 g/mol. The molecule has 6 heteroatoms. The number of amides is 2. The van der Waals surface area contributed by atoms with Gasteiger partial charge in [-0.1, -0.05) is 6.07 Å². The number of rotatable bonds is 5. The third-order valence-corrected chi connectivity index (χ3v) is 4.38. The van der Waals surface area contributed by atoms with Crippen LogP contribution in [0.3, 0.4) is 0 Å². The van der Waals surface area contributed by atoms with E-state index in [2.05, 4.69) is 10.3 Å². The lowest BCUT2D eigenvalue weighted by Crippen LogP contribution is -2.30. The fraction of sp³-hybridized carbons (Fsp3) is 0.316. The molecule has 0 radical (unpaired) electrons. The molecule has 130 valence electrons. The van der Waals surface area contributed by atoms with Gasteiger partial charge in [0.2, 0.25) is 11.8 Å². The van der Waals surface area contributed by atoms with Crippen LogP contribution in [-0.4, -0.2) is 35.4 Å². The van der Waals surface area contributed by atoms with E-state index in [1.807, 2.05) is 31.2 Å². The highest BCUT2D eigenvalue weighted by atomic mass is 16.5. The second kappa shape index (κ2) is 7.34. The molecule has 1 aromatic heterocycles. The Balaban J connectivity index is 1.76. The molecule has 6 nitrogen and oxygen atoms in total. The summed E-state index contributed by atoms with van der Waals surface area (Å²) in [5.74, 6) is 0.0918. The van der Waals surface area contributed by atoms with Gasteiger partial charge in [0.25, 0.3) is 0 Å². The van der Waals surface area contributed by atoms with E-state index in [0.717, 1.165) is 11.3 Å². The zero-order chi connectivity index (χ0) is 17.8. The van der Waals surface area contributed by atoms with Gasteiger partial charge >= 0.3 is 0 Å². The van der Waals surface area contributed by atoms with Crippen molar-refractivity contribution in [2.45, 2.75) is 19.4 Å². The van der Waals surface area contributed by atoms with E-state index in [1.165, 1.54) is 0 Å². The van der Waals surface area contributed by atoms with Gasteiger partial charge < -0.3 is 15.0 Å². The number of likely N-dealkylation sites (tertiary alicyclic amines) is 1. The van der Waals surface area contributed by atoms with E-state index in [-0.39, 0.29) is 24.3 Å². The minimum Gasteiger partial charge on any atom is -0.494 e. The number of carbonyl (C=O) groups is 2. The Bertz CT molecular complexity index is 746. The molecule has 0 saturated carbocycles. The summed E-state index contributed by atoms with van der Waals surface area (Å²) in [6, 6.07) is 10.6. The minimum atomic E-state index is -0.451. The molecule has 25 heavy (non-hydrogen) atoms. The van der Waals surface area contributed by atoms with Crippen LogP contribution < -0.4 is 10.1 Å². The van der Waals surface area contributed by atoms with Crippen molar-refractivity contribution in [3.63, 3.8) is 0 Å². The van der Waals surface area contributed by atoms with Gasteiger partial charge in [0, 0.05) is 31.5 Å². The molecule has 0 bridgehead atoms. The average Bonchev–Trinajstić information content (AvgIpc) is 2.93. The predicted octanol–water partition coefficient (Wildman–Crippen LogP) is 2.64. The van der Waals surface area contributed by atoms with Crippen molar-refractivity contribution >= 4 is 17.5 Å². The van der Waals surface area contributed by atoms with Gasteiger partial charge in [-0.25, -0.2) is 0 Å². The van der Waals surface area contributed by atoms with Gasteiger partial charge in [-0.05, 0) is 42.8 Å². The number of ether oxygens (including phenoxy) is 1. The summed E-state index contributed by atoms with van der Waals surface area (Å²) in [7, 11) is 1.73. The topological polar surface area (TPSA) is 71.5 Å². The highest BCUT2D eigenvalue weighted by Gasteiger charge is 2.42. The van der Waals surface area contributed by atoms with Crippen LogP contribution in [0, 0.1) is 5.92 Å². The molecule has 1 fully saturated rings. The number of aromatic nitrogens is 1. The third kappa shape index (κ3) is 3.63. The van der Waals surface area contributed by atoms with Crippen molar-refractivity contribution in [1.29, 1.82) is 0 Å². The maximum atomic E-state index is 12.8. The van der Waals surface area contributed by atoms with Crippen LogP contribution in [0.4, 0.5) is 5.69 Å². The van der Waals surface area contributed by atoms with E-state index in [0.29, 0.717) is 12.3 Å². The summed E-state index contributed by atoms with van der Waals surface area (Å²) >= 11 is 0. The van der Waals surface area contributed by atoms with Gasteiger partial charge in [0.05, 0.1) is 18.6 Å². The molecule has 1 aliphatic rings. The van der Waals surface area contributed by atoms with E-state index in [9.17, 15) is 9.59 Å². The normalized spacial score (nSPS) is 19.8.